The number of carbonyl (C=O) groups is 1. The number of carbonyl (C=O) groups excluding carboxylic acids is 1. The van der Waals surface area contributed by atoms with Gasteiger partial charge in [0, 0.05) is 3.57 Å². The summed E-state index contributed by atoms with van der Waals surface area (Å²) in [5.41, 5.74) is 0. The molecule has 0 spiro atoms. The van der Waals surface area contributed by atoms with Crippen molar-refractivity contribution in [2.75, 3.05) is 7.11 Å². The van der Waals surface area contributed by atoms with Crippen LogP contribution in [0.4, 0.5) is 0 Å². The van der Waals surface area contributed by atoms with Gasteiger partial charge in [0.2, 0.25) is 10.0 Å². The quantitative estimate of drug-likeness (QED) is 0.556. The van der Waals surface area contributed by atoms with Gasteiger partial charge in [-0.1, -0.05) is 0 Å². The zero-order chi connectivity index (χ0) is 14.6. The number of ether oxygens (including phenoxy) is 1. The molecule has 8 heteroatoms. The van der Waals surface area contributed by atoms with Crippen LogP contribution < -0.4 is 4.72 Å². The Hall–Kier alpha value is -0.710. The number of hydrogen-bond donors (Lipinski definition) is 2. The van der Waals surface area contributed by atoms with Gasteiger partial charge in [-0.25, -0.2) is 8.42 Å². The minimum Gasteiger partial charge on any atom is -0.468 e. The molecule has 0 aliphatic carbocycles. The fourth-order valence-corrected chi connectivity index (χ4v) is 2.94. The van der Waals surface area contributed by atoms with Gasteiger partial charge in [0.05, 0.1) is 18.1 Å². The first-order chi connectivity index (χ1) is 8.77. The van der Waals surface area contributed by atoms with Crippen molar-refractivity contribution in [2.45, 2.75) is 24.0 Å². The van der Waals surface area contributed by atoms with Crippen LogP contribution in [0.2, 0.25) is 0 Å². The van der Waals surface area contributed by atoms with Crippen LogP contribution in [0.15, 0.2) is 29.2 Å². The molecule has 0 unspecified atom stereocenters. The molecule has 1 aromatic carbocycles. The van der Waals surface area contributed by atoms with Crippen molar-refractivity contribution >= 4 is 38.6 Å². The number of rotatable bonds is 5. The van der Waals surface area contributed by atoms with Gasteiger partial charge in [0.15, 0.2) is 0 Å². The van der Waals surface area contributed by atoms with Crippen LogP contribution in [0.3, 0.4) is 0 Å². The minimum atomic E-state index is -3.89. The Balaban J connectivity index is 3.00. The third-order valence-corrected chi connectivity index (χ3v) is 4.52. The Morgan fingerprint density at radius 3 is 2.32 bits per heavy atom. The number of hydrogen-bond acceptors (Lipinski definition) is 5. The summed E-state index contributed by atoms with van der Waals surface area (Å²) in [7, 11) is -2.77. The molecular formula is C11H14INO5S. The number of benzene rings is 1. The Labute approximate surface area is 125 Å². The molecule has 0 amide bonds. The van der Waals surface area contributed by atoms with Crippen molar-refractivity contribution < 1.29 is 23.1 Å². The maximum atomic E-state index is 12.0. The van der Waals surface area contributed by atoms with E-state index in [4.69, 9.17) is 0 Å². The van der Waals surface area contributed by atoms with Crippen molar-refractivity contribution in [3.63, 3.8) is 0 Å². The average molecular weight is 399 g/mol. The number of esters is 1. The molecule has 0 saturated carbocycles. The van der Waals surface area contributed by atoms with Gasteiger partial charge in [-0.2, -0.15) is 4.72 Å². The van der Waals surface area contributed by atoms with E-state index in [1.807, 2.05) is 22.6 Å². The summed E-state index contributed by atoms with van der Waals surface area (Å²) in [6, 6.07) is 4.75. The SMILES string of the molecule is COC(=O)[C@@H](NS(=O)(=O)c1ccc(I)cc1)[C@@H](C)O. The van der Waals surface area contributed by atoms with Crippen LogP contribution in [0.5, 0.6) is 0 Å². The van der Waals surface area contributed by atoms with Crippen LogP contribution >= 0.6 is 22.6 Å². The molecule has 0 saturated heterocycles. The molecular weight excluding hydrogens is 385 g/mol. The Morgan fingerprint density at radius 2 is 1.89 bits per heavy atom. The first kappa shape index (κ1) is 16.3. The van der Waals surface area contributed by atoms with Crippen LogP contribution in [-0.4, -0.2) is 38.7 Å². The number of aliphatic hydroxyl groups excluding tert-OH is 1. The van der Waals surface area contributed by atoms with Crippen LogP contribution in [0, 0.1) is 3.57 Å². The molecule has 0 aromatic heterocycles. The molecule has 0 bridgehead atoms. The number of sulfonamides is 1. The first-order valence-corrected chi connectivity index (χ1v) is 7.88. The highest BCUT2D eigenvalue weighted by atomic mass is 127. The second-order valence-corrected chi connectivity index (χ2v) is 6.78. The molecule has 1 rings (SSSR count). The monoisotopic (exact) mass is 399 g/mol. The van der Waals surface area contributed by atoms with E-state index in [0.717, 1.165) is 10.7 Å². The van der Waals surface area contributed by atoms with Crippen molar-refractivity contribution in [1.29, 1.82) is 0 Å². The van der Waals surface area contributed by atoms with Crippen molar-refractivity contribution in [3.05, 3.63) is 27.8 Å². The molecule has 6 nitrogen and oxygen atoms in total. The normalized spacial score (nSPS) is 14.7. The lowest BCUT2D eigenvalue weighted by atomic mass is 10.2. The largest absolute Gasteiger partial charge is 0.468 e. The summed E-state index contributed by atoms with van der Waals surface area (Å²) in [5, 5.41) is 9.44. The fourth-order valence-electron chi connectivity index (χ4n) is 1.32. The van der Waals surface area contributed by atoms with Crippen LogP contribution in [0.1, 0.15) is 6.92 Å². The zero-order valence-corrected chi connectivity index (χ0v) is 13.3. The lowest BCUT2D eigenvalue weighted by Crippen LogP contribution is -2.48. The van der Waals surface area contributed by atoms with Gasteiger partial charge >= 0.3 is 5.97 Å². The van der Waals surface area contributed by atoms with E-state index in [0.29, 0.717) is 0 Å². The Bertz CT molecular complexity index is 541. The van der Waals surface area contributed by atoms with Gasteiger partial charge in [-0.3, -0.25) is 4.79 Å². The third kappa shape index (κ3) is 4.41. The molecule has 0 heterocycles. The van der Waals surface area contributed by atoms with Crippen LogP contribution in [0.25, 0.3) is 0 Å². The van der Waals surface area contributed by atoms with E-state index >= 15 is 0 Å². The highest BCUT2D eigenvalue weighted by Gasteiger charge is 2.30. The molecule has 0 aliphatic rings. The van der Waals surface area contributed by atoms with Crippen LogP contribution in [-0.2, 0) is 19.6 Å². The topological polar surface area (TPSA) is 92.7 Å². The summed E-state index contributed by atoms with van der Waals surface area (Å²) >= 11 is 2.05. The average Bonchev–Trinajstić information content (AvgIpc) is 2.35. The number of nitrogens with one attached hydrogen (secondary N) is 1. The third-order valence-electron chi connectivity index (χ3n) is 2.34. The van der Waals surface area contributed by atoms with E-state index in [1.54, 1.807) is 12.1 Å². The summed E-state index contributed by atoms with van der Waals surface area (Å²) in [5.74, 6) is -0.843. The molecule has 1 aromatic rings. The van der Waals surface area contributed by atoms with Gasteiger partial charge in [-0.15, -0.1) is 0 Å². The summed E-state index contributed by atoms with van der Waals surface area (Å²) in [6.07, 6.45) is -1.20. The fraction of sp³-hybridized carbons (Fsp3) is 0.364. The Morgan fingerprint density at radius 1 is 1.37 bits per heavy atom. The van der Waals surface area contributed by atoms with Gasteiger partial charge in [0.25, 0.3) is 0 Å². The molecule has 19 heavy (non-hydrogen) atoms. The highest BCUT2D eigenvalue weighted by Crippen LogP contribution is 2.13. The predicted molar refractivity (Wildman–Crippen MR) is 77.0 cm³/mol. The number of aliphatic hydroxyl groups is 1. The zero-order valence-electron chi connectivity index (χ0n) is 10.3. The standard InChI is InChI=1S/C11H14INO5S/c1-7(14)10(11(15)18-2)13-19(16,17)9-5-3-8(12)4-6-9/h3-7,10,13-14H,1-2H3/t7-,10+/m1/s1. The highest BCUT2D eigenvalue weighted by molar-refractivity contribution is 14.1. The van der Waals surface area contributed by atoms with Crippen molar-refractivity contribution in [2.24, 2.45) is 0 Å². The number of methoxy groups -OCH3 is 1. The van der Waals surface area contributed by atoms with Gasteiger partial charge in [0.1, 0.15) is 6.04 Å². The maximum Gasteiger partial charge on any atom is 0.326 e. The second-order valence-electron chi connectivity index (χ2n) is 3.82. The first-order valence-electron chi connectivity index (χ1n) is 5.31. The van der Waals surface area contributed by atoms with Crippen molar-refractivity contribution in [1.82, 2.24) is 4.72 Å². The molecule has 0 radical (unpaired) electrons. The predicted octanol–water partition coefficient (Wildman–Crippen LogP) is 0.492. The molecule has 0 fully saturated rings. The molecule has 0 aliphatic heterocycles. The number of halogens is 1. The lowest BCUT2D eigenvalue weighted by Gasteiger charge is -2.18. The smallest absolute Gasteiger partial charge is 0.326 e. The van der Waals surface area contributed by atoms with E-state index in [2.05, 4.69) is 9.46 Å². The second kappa shape index (κ2) is 6.64. The summed E-state index contributed by atoms with van der Waals surface area (Å²) in [4.78, 5) is 11.4. The molecule has 106 valence electrons. The summed E-state index contributed by atoms with van der Waals surface area (Å²) < 4.78 is 31.6. The van der Waals surface area contributed by atoms with E-state index in [1.165, 1.54) is 19.1 Å². The van der Waals surface area contributed by atoms with Gasteiger partial charge < -0.3 is 9.84 Å². The van der Waals surface area contributed by atoms with E-state index < -0.39 is 28.1 Å². The van der Waals surface area contributed by atoms with E-state index in [-0.39, 0.29) is 4.90 Å². The van der Waals surface area contributed by atoms with E-state index in [9.17, 15) is 18.3 Å². The van der Waals surface area contributed by atoms with Crippen molar-refractivity contribution in [3.8, 4) is 0 Å². The lowest BCUT2D eigenvalue weighted by molar-refractivity contribution is -0.145. The Kier molecular flexibility index (Phi) is 5.71. The summed E-state index contributed by atoms with van der Waals surface area (Å²) in [6.45, 7) is 1.30. The van der Waals surface area contributed by atoms with Gasteiger partial charge in [-0.05, 0) is 53.8 Å². The maximum absolute atomic E-state index is 12.0. The molecule has 2 N–H and O–H groups in total. The molecule has 2 atom stereocenters. The minimum absolute atomic E-state index is 0.0162.